The SMILES string of the molecule is CC(=O)N(CCC(=O)N1CCN(C)CC1)c1c(C(C)C)cccc1C(C)C. The first-order valence-electron chi connectivity index (χ1n) is 10.1. The number of amides is 2. The minimum Gasteiger partial charge on any atom is -0.340 e. The lowest BCUT2D eigenvalue weighted by Crippen LogP contribution is -2.48. The molecular weight excluding hydrogens is 338 g/mol. The van der Waals surface area contributed by atoms with Crippen LogP contribution in [0.2, 0.25) is 0 Å². The van der Waals surface area contributed by atoms with Crippen LogP contribution in [0.3, 0.4) is 0 Å². The van der Waals surface area contributed by atoms with Gasteiger partial charge in [0.25, 0.3) is 0 Å². The molecule has 0 spiro atoms. The summed E-state index contributed by atoms with van der Waals surface area (Å²) in [5.74, 6) is 0.765. The van der Waals surface area contributed by atoms with Crippen LogP contribution in [-0.2, 0) is 9.59 Å². The summed E-state index contributed by atoms with van der Waals surface area (Å²) in [6.45, 7) is 14.0. The van der Waals surface area contributed by atoms with Gasteiger partial charge in [0.2, 0.25) is 11.8 Å². The Balaban J connectivity index is 2.23. The number of rotatable bonds is 6. The molecule has 0 atom stereocenters. The molecule has 0 N–H and O–H groups in total. The number of para-hydroxylation sites is 1. The maximum Gasteiger partial charge on any atom is 0.224 e. The molecule has 27 heavy (non-hydrogen) atoms. The van der Waals surface area contributed by atoms with Gasteiger partial charge in [0, 0.05) is 46.1 Å². The highest BCUT2D eigenvalue weighted by Crippen LogP contribution is 2.35. The topological polar surface area (TPSA) is 43.9 Å². The second-order valence-corrected chi connectivity index (χ2v) is 8.20. The second kappa shape index (κ2) is 9.36. The van der Waals surface area contributed by atoms with Crippen molar-refractivity contribution in [2.75, 3.05) is 44.7 Å². The summed E-state index contributed by atoms with van der Waals surface area (Å²) in [7, 11) is 2.08. The summed E-state index contributed by atoms with van der Waals surface area (Å²) in [6, 6.07) is 6.27. The van der Waals surface area contributed by atoms with Crippen molar-refractivity contribution in [2.45, 2.75) is 52.9 Å². The van der Waals surface area contributed by atoms with Crippen molar-refractivity contribution < 1.29 is 9.59 Å². The fourth-order valence-electron chi connectivity index (χ4n) is 3.67. The smallest absolute Gasteiger partial charge is 0.224 e. The molecule has 1 aliphatic heterocycles. The van der Waals surface area contributed by atoms with Crippen molar-refractivity contribution >= 4 is 17.5 Å². The molecule has 1 aliphatic rings. The molecule has 5 heteroatoms. The van der Waals surface area contributed by atoms with Crippen LogP contribution in [-0.4, -0.2) is 61.4 Å². The fraction of sp³-hybridized carbons (Fsp3) is 0.636. The van der Waals surface area contributed by atoms with Crippen molar-refractivity contribution in [1.29, 1.82) is 0 Å². The van der Waals surface area contributed by atoms with E-state index in [2.05, 4.69) is 57.8 Å². The van der Waals surface area contributed by atoms with Crippen LogP contribution < -0.4 is 4.90 Å². The van der Waals surface area contributed by atoms with Gasteiger partial charge in [-0.15, -0.1) is 0 Å². The monoisotopic (exact) mass is 373 g/mol. The van der Waals surface area contributed by atoms with Gasteiger partial charge in [-0.2, -0.15) is 0 Å². The van der Waals surface area contributed by atoms with Crippen molar-refractivity contribution in [1.82, 2.24) is 9.80 Å². The lowest BCUT2D eigenvalue weighted by molar-refractivity contribution is -0.132. The highest BCUT2D eigenvalue weighted by Gasteiger charge is 2.24. The molecular formula is C22H35N3O2. The molecule has 0 aromatic heterocycles. The summed E-state index contributed by atoms with van der Waals surface area (Å²) in [6.07, 6.45) is 0.368. The van der Waals surface area contributed by atoms with Gasteiger partial charge in [0.1, 0.15) is 0 Å². The average Bonchev–Trinajstić information content (AvgIpc) is 2.61. The zero-order valence-electron chi connectivity index (χ0n) is 17.8. The van der Waals surface area contributed by atoms with Crippen molar-refractivity contribution in [3.05, 3.63) is 29.3 Å². The van der Waals surface area contributed by atoms with Crippen molar-refractivity contribution in [3.8, 4) is 0 Å². The van der Waals surface area contributed by atoms with Crippen LogP contribution in [0.1, 0.15) is 64.0 Å². The molecule has 1 fully saturated rings. The van der Waals surface area contributed by atoms with Crippen LogP contribution in [0, 0.1) is 0 Å². The Kier molecular flexibility index (Phi) is 7.42. The maximum absolute atomic E-state index is 12.7. The number of piperazine rings is 1. The van der Waals surface area contributed by atoms with E-state index in [-0.39, 0.29) is 11.8 Å². The number of carbonyl (C=O) groups excluding carboxylic acids is 2. The first-order valence-corrected chi connectivity index (χ1v) is 10.1. The van der Waals surface area contributed by atoms with Crippen molar-refractivity contribution in [3.63, 3.8) is 0 Å². The molecule has 2 rings (SSSR count). The third-order valence-corrected chi connectivity index (χ3v) is 5.40. The van der Waals surface area contributed by atoms with Gasteiger partial charge in [0.05, 0.1) is 5.69 Å². The first-order chi connectivity index (χ1) is 12.7. The third kappa shape index (κ3) is 5.32. The lowest BCUT2D eigenvalue weighted by Gasteiger charge is -2.33. The molecule has 150 valence electrons. The number of hydrogen-bond donors (Lipinski definition) is 0. The molecule has 1 saturated heterocycles. The van der Waals surface area contributed by atoms with E-state index in [1.54, 1.807) is 6.92 Å². The Labute approximate surface area is 164 Å². The summed E-state index contributed by atoms with van der Waals surface area (Å²) in [4.78, 5) is 31.2. The molecule has 0 aliphatic carbocycles. The molecule has 1 aromatic carbocycles. The van der Waals surface area contributed by atoms with E-state index in [0.29, 0.717) is 24.8 Å². The quantitative estimate of drug-likeness (QED) is 0.767. The largest absolute Gasteiger partial charge is 0.340 e. The van der Waals surface area contributed by atoms with Crippen LogP contribution in [0.25, 0.3) is 0 Å². The van der Waals surface area contributed by atoms with E-state index in [1.807, 2.05) is 9.80 Å². The first kappa shape index (κ1) is 21.4. The van der Waals surface area contributed by atoms with Crippen LogP contribution in [0.15, 0.2) is 18.2 Å². The summed E-state index contributed by atoms with van der Waals surface area (Å²) >= 11 is 0. The molecule has 1 heterocycles. The highest BCUT2D eigenvalue weighted by molar-refractivity contribution is 5.94. The Morgan fingerprint density at radius 3 is 1.96 bits per heavy atom. The molecule has 1 aromatic rings. The number of anilines is 1. The van der Waals surface area contributed by atoms with Gasteiger partial charge in [-0.3, -0.25) is 9.59 Å². The lowest BCUT2D eigenvalue weighted by atomic mass is 9.91. The summed E-state index contributed by atoms with van der Waals surface area (Å²) in [5, 5.41) is 0. The molecule has 0 radical (unpaired) electrons. The number of hydrogen-bond acceptors (Lipinski definition) is 3. The predicted octanol–water partition coefficient (Wildman–Crippen LogP) is 3.45. The van der Waals surface area contributed by atoms with E-state index in [9.17, 15) is 9.59 Å². The Morgan fingerprint density at radius 1 is 1.00 bits per heavy atom. The van der Waals surface area contributed by atoms with Crippen LogP contribution >= 0.6 is 0 Å². The summed E-state index contributed by atoms with van der Waals surface area (Å²) in [5.41, 5.74) is 3.34. The zero-order chi connectivity index (χ0) is 20.1. The van der Waals surface area contributed by atoms with E-state index in [0.717, 1.165) is 31.9 Å². The maximum atomic E-state index is 12.7. The second-order valence-electron chi connectivity index (χ2n) is 8.20. The molecule has 2 amide bonds. The van der Waals surface area contributed by atoms with Gasteiger partial charge < -0.3 is 14.7 Å². The minimum absolute atomic E-state index is 0.00354. The van der Waals surface area contributed by atoms with E-state index < -0.39 is 0 Å². The molecule has 0 bridgehead atoms. The third-order valence-electron chi connectivity index (χ3n) is 5.40. The van der Waals surface area contributed by atoms with Gasteiger partial charge in [0.15, 0.2) is 0 Å². The summed E-state index contributed by atoms with van der Waals surface area (Å²) < 4.78 is 0. The van der Waals surface area contributed by atoms with Gasteiger partial charge in [-0.1, -0.05) is 45.9 Å². The van der Waals surface area contributed by atoms with Gasteiger partial charge >= 0.3 is 0 Å². The normalized spacial score (nSPS) is 15.5. The standard InChI is InChI=1S/C22H35N3O2/c1-16(2)19-8-7-9-20(17(3)4)22(19)25(18(5)26)11-10-21(27)24-14-12-23(6)13-15-24/h7-9,16-17H,10-15H2,1-6H3. The Morgan fingerprint density at radius 2 is 1.52 bits per heavy atom. The number of benzene rings is 1. The Hall–Kier alpha value is -1.88. The number of nitrogens with zero attached hydrogens (tertiary/aromatic N) is 3. The molecule has 5 nitrogen and oxygen atoms in total. The minimum atomic E-state index is -0.00354. The number of likely N-dealkylation sites (N-methyl/N-ethyl adjacent to an activating group) is 1. The van der Waals surface area contributed by atoms with E-state index >= 15 is 0 Å². The Bertz CT molecular complexity index is 635. The van der Waals surface area contributed by atoms with Gasteiger partial charge in [-0.05, 0) is 30.0 Å². The number of carbonyl (C=O) groups is 2. The fourth-order valence-corrected chi connectivity index (χ4v) is 3.67. The average molecular weight is 374 g/mol. The van der Waals surface area contributed by atoms with E-state index in [4.69, 9.17) is 0 Å². The molecule has 0 unspecified atom stereocenters. The van der Waals surface area contributed by atoms with Crippen LogP contribution in [0.4, 0.5) is 5.69 Å². The highest BCUT2D eigenvalue weighted by atomic mass is 16.2. The van der Waals surface area contributed by atoms with Crippen LogP contribution in [0.5, 0.6) is 0 Å². The van der Waals surface area contributed by atoms with Crippen molar-refractivity contribution in [2.24, 2.45) is 0 Å². The zero-order valence-corrected chi connectivity index (χ0v) is 17.8. The van der Waals surface area contributed by atoms with Gasteiger partial charge in [-0.25, -0.2) is 0 Å². The molecule has 0 saturated carbocycles. The van der Waals surface area contributed by atoms with E-state index in [1.165, 1.54) is 11.1 Å². The predicted molar refractivity (Wildman–Crippen MR) is 111 cm³/mol.